The summed E-state index contributed by atoms with van der Waals surface area (Å²) in [6, 6.07) is 5.76. The Bertz CT molecular complexity index is 932. The Kier molecular flexibility index (Phi) is 4.77. The number of esters is 1. The average molecular weight is 385 g/mol. The van der Waals surface area contributed by atoms with Gasteiger partial charge in [0.25, 0.3) is 0 Å². The van der Waals surface area contributed by atoms with Crippen molar-refractivity contribution in [2.75, 3.05) is 6.61 Å². The van der Waals surface area contributed by atoms with E-state index in [0.29, 0.717) is 10.2 Å². The molecular formula is C16H11F4N3O2S. The second-order valence-corrected chi connectivity index (χ2v) is 5.90. The van der Waals surface area contributed by atoms with Gasteiger partial charge in [-0.15, -0.1) is 11.3 Å². The van der Waals surface area contributed by atoms with E-state index in [4.69, 9.17) is 4.74 Å². The van der Waals surface area contributed by atoms with Gasteiger partial charge >= 0.3 is 12.1 Å². The number of ether oxygens (including phenoxy) is 1. The number of alkyl halides is 3. The molecule has 2 heterocycles. The predicted molar refractivity (Wildman–Crippen MR) is 85.6 cm³/mol. The fourth-order valence-electron chi connectivity index (χ4n) is 2.15. The lowest BCUT2D eigenvalue weighted by atomic mass is 10.1. The van der Waals surface area contributed by atoms with E-state index in [9.17, 15) is 22.4 Å². The molecule has 1 aromatic carbocycles. The lowest BCUT2D eigenvalue weighted by Crippen LogP contribution is -2.13. The highest BCUT2D eigenvalue weighted by Gasteiger charge is 2.37. The van der Waals surface area contributed by atoms with Crippen LogP contribution in [0.3, 0.4) is 0 Å². The zero-order valence-electron chi connectivity index (χ0n) is 13.2. The van der Waals surface area contributed by atoms with Crippen molar-refractivity contribution in [3.63, 3.8) is 0 Å². The minimum atomic E-state index is -4.69. The molecule has 5 nitrogen and oxygen atoms in total. The fourth-order valence-corrected chi connectivity index (χ4v) is 2.91. The summed E-state index contributed by atoms with van der Waals surface area (Å²) in [5.74, 6) is -1.24. The predicted octanol–water partition coefficient (Wildman–Crippen LogP) is 4.33. The molecule has 0 aliphatic heterocycles. The first-order valence-corrected chi connectivity index (χ1v) is 8.23. The molecule has 0 radical (unpaired) electrons. The minimum absolute atomic E-state index is 0.00482. The molecule has 0 saturated carbocycles. The smallest absolute Gasteiger partial charge is 0.433 e. The molecule has 136 valence electrons. The van der Waals surface area contributed by atoms with Gasteiger partial charge in [-0.2, -0.15) is 18.3 Å². The van der Waals surface area contributed by atoms with E-state index < -0.39 is 23.7 Å². The highest BCUT2D eigenvalue weighted by molar-refractivity contribution is 7.12. The van der Waals surface area contributed by atoms with Gasteiger partial charge in [-0.3, -0.25) is 0 Å². The van der Waals surface area contributed by atoms with Crippen LogP contribution in [0, 0.1) is 5.82 Å². The number of nitrogens with zero attached hydrogens (tertiary/aromatic N) is 3. The molecule has 0 amide bonds. The molecular weight excluding hydrogens is 374 g/mol. The normalized spacial score (nSPS) is 11.6. The van der Waals surface area contributed by atoms with Crippen LogP contribution in [0.5, 0.6) is 0 Å². The van der Waals surface area contributed by atoms with Crippen LogP contribution in [-0.2, 0) is 10.9 Å². The third kappa shape index (κ3) is 3.59. The van der Waals surface area contributed by atoms with Crippen molar-refractivity contribution in [3.8, 4) is 16.4 Å². The number of hydrogen-bond acceptors (Lipinski definition) is 5. The Balaban J connectivity index is 2.06. The Hall–Kier alpha value is -2.75. The summed E-state index contributed by atoms with van der Waals surface area (Å²) in [6.45, 7) is 1.73. The first-order valence-electron chi connectivity index (χ1n) is 7.36. The maximum absolute atomic E-state index is 13.4. The number of carbonyl (C=O) groups is 1. The lowest BCUT2D eigenvalue weighted by Gasteiger charge is -2.06. The average Bonchev–Trinajstić information content (AvgIpc) is 3.22. The van der Waals surface area contributed by atoms with Crippen molar-refractivity contribution >= 4 is 17.3 Å². The van der Waals surface area contributed by atoms with Crippen molar-refractivity contribution in [1.82, 2.24) is 14.8 Å². The summed E-state index contributed by atoms with van der Waals surface area (Å²) in [4.78, 5) is 15.5. The third-order valence-electron chi connectivity index (χ3n) is 3.30. The summed E-state index contributed by atoms with van der Waals surface area (Å²) >= 11 is 0.827. The van der Waals surface area contributed by atoms with E-state index in [-0.39, 0.29) is 23.1 Å². The molecule has 0 fully saturated rings. The van der Waals surface area contributed by atoms with Crippen LogP contribution in [0.2, 0.25) is 0 Å². The van der Waals surface area contributed by atoms with Crippen molar-refractivity contribution in [2.24, 2.45) is 0 Å². The van der Waals surface area contributed by atoms with E-state index in [1.807, 2.05) is 0 Å². The molecule has 3 aromatic rings. The standard InChI is InChI=1S/C16H11F4N3O2S/c1-2-25-14(24)12-8-26-15(21-12)23-13(16(18,19)20)7-11(22-23)9-3-5-10(17)6-4-9/h3-8H,2H2,1H3. The molecule has 2 aromatic heterocycles. The Labute approximate surface area is 148 Å². The highest BCUT2D eigenvalue weighted by atomic mass is 32.1. The zero-order chi connectivity index (χ0) is 18.9. The molecule has 0 bridgehead atoms. The van der Waals surface area contributed by atoms with Crippen LogP contribution in [0.4, 0.5) is 17.6 Å². The molecule has 0 atom stereocenters. The number of halogens is 4. The van der Waals surface area contributed by atoms with Crippen molar-refractivity contribution < 1.29 is 27.1 Å². The second-order valence-electron chi connectivity index (χ2n) is 5.07. The Morgan fingerprint density at radius 1 is 1.27 bits per heavy atom. The van der Waals surface area contributed by atoms with Crippen molar-refractivity contribution in [1.29, 1.82) is 0 Å². The maximum Gasteiger partial charge on any atom is 0.433 e. The second kappa shape index (κ2) is 6.87. The summed E-state index contributed by atoms with van der Waals surface area (Å²) in [5, 5.41) is 5.10. The van der Waals surface area contributed by atoms with E-state index in [1.165, 1.54) is 17.5 Å². The van der Waals surface area contributed by atoms with Gasteiger partial charge in [-0.25, -0.2) is 18.9 Å². The number of carbonyl (C=O) groups excluding carboxylic acids is 1. The zero-order valence-corrected chi connectivity index (χ0v) is 14.1. The monoisotopic (exact) mass is 385 g/mol. The molecule has 0 unspecified atom stereocenters. The largest absolute Gasteiger partial charge is 0.461 e. The SMILES string of the molecule is CCOC(=O)c1csc(-n2nc(-c3ccc(F)cc3)cc2C(F)(F)F)n1. The van der Waals surface area contributed by atoms with E-state index in [2.05, 4.69) is 10.1 Å². The summed E-state index contributed by atoms with van der Waals surface area (Å²) in [6.07, 6.45) is -4.69. The molecule has 3 rings (SSSR count). The summed E-state index contributed by atoms with van der Waals surface area (Å²) in [7, 11) is 0. The van der Waals surface area contributed by atoms with Crippen molar-refractivity contribution in [2.45, 2.75) is 13.1 Å². The van der Waals surface area contributed by atoms with Crippen LogP contribution < -0.4 is 0 Å². The molecule has 0 N–H and O–H groups in total. The number of hydrogen-bond donors (Lipinski definition) is 0. The van der Waals surface area contributed by atoms with Gasteiger partial charge in [0.2, 0.25) is 5.13 Å². The summed E-state index contributed by atoms with van der Waals surface area (Å²) < 4.78 is 58.6. The molecule has 0 spiro atoms. The van der Waals surface area contributed by atoms with Gasteiger partial charge in [0.05, 0.1) is 12.3 Å². The minimum Gasteiger partial charge on any atom is -0.461 e. The van der Waals surface area contributed by atoms with Crippen molar-refractivity contribution in [3.05, 3.63) is 52.9 Å². The highest BCUT2D eigenvalue weighted by Crippen LogP contribution is 2.34. The van der Waals surface area contributed by atoms with Crippen LogP contribution in [0.1, 0.15) is 23.1 Å². The fraction of sp³-hybridized carbons (Fsp3) is 0.188. The number of rotatable bonds is 4. The van der Waals surface area contributed by atoms with Gasteiger partial charge in [0.1, 0.15) is 5.82 Å². The van der Waals surface area contributed by atoms with Gasteiger partial charge in [-0.1, -0.05) is 0 Å². The molecule has 0 aliphatic rings. The Morgan fingerprint density at radius 3 is 2.58 bits per heavy atom. The van der Waals surface area contributed by atoms with Gasteiger partial charge < -0.3 is 4.74 Å². The van der Waals surface area contributed by atoms with E-state index in [0.717, 1.165) is 29.5 Å². The third-order valence-corrected chi connectivity index (χ3v) is 4.11. The molecule has 0 aliphatic carbocycles. The summed E-state index contributed by atoms with van der Waals surface area (Å²) in [5.41, 5.74) is -0.830. The van der Waals surface area contributed by atoms with Crippen LogP contribution in [0.25, 0.3) is 16.4 Å². The lowest BCUT2D eigenvalue weighted by molar-refractivity contribution is -0.142. The van der Waals surface area contributed by atoms with E-state index >= 15 is 0 Å². The maximum atomic E-state index is 13.4. The van der Waals surface area contributed by atoms with Crippen LogP contribution >= 0.6 is 11.3 Å². The number of benzene rings is 1. The van der Waals surface area contributed by atoms with E-state index in [1.54, 1.807) is 6.92 Å². The first-order chi connectivity index (χ1) is 12.3. The van der Waals surface area contributed by atoms with Crippen LogP contribution in [-0.4, -0.2) is 27.3 Å². The molecule has 26 heavy (non-hydrogen) atoms. The van der Waals surface area contributed by atoms with Gasteiger partial charge in [0, 0.05) is 10.9 Å². The van der Waals surface area contributed by atoms with Gasteiger partial charge in [-0.05, 0) is 37.3 Å². The molecule has 10 heteroatoms. The number of thiazole rings is 1. The first kappa shape index (κ1) is 18.1. The Morgan fingerprint density at radius 2 is 1.96 bits per heavy atom. The quantitative estimate of drug-likeness (QED) is 0.496. The topological polar surface area (TPSA) is 57.0 Å². The van der Waals surface area contributed by atoms with Crippen LogP contribution in [0.15, 0.2) is 35.7 Å². The molecule has 0 saturated heterocycles. The van der Waals surface area contributed by atoms with Gasteiger partial charge in [0.15, 0.2) is 11.4 Å². The number of aromatic nitrogens is 3.